The first-order valence-corrected chi connectivity index (χ1v) is 6.58. The topological polar surface area (TPSA) is 28.2 Å². The van der Waals surface area contributed by atoms with Crippen molar-refractivity contribution < 1.29 is 0 Å². The van der Waals surface area contributed by atoms with Crippen LogP contribution >= 0.6 is 12.4 Å². The number of hydrogen-bond donors (Lipinski definition) is 1. The lowest BCUT2D eigenvalue weighted by Crippen LogP contribution is -2.32. The Balaban J connectivity index is 0.00000162. The lowest BCUT2D eigenvalue weighted by Gasteiger charge is -2.27. The summed E-state index contributed by atoms with van der Waals surface area (Å²) < 4.78 is 0. The fourth-order valence-corrected chi connectivity index (χ4v) is 2.50. The number of halogens is 1. The Morgan fingerprint density at radius 1 is 1.39 bits per heavy atom. The van der Waals surface area contributed by atoms with Gasteiger partial charge >= 0.3 is 0 Å². The highest BCUT2D eigenvalue weighted by Gasteiger charge is 2.17. The molecule has 0 radical (unpaired) electrons. The van der Waals surface area contributed by atoms with Crippen LogP contribution in [0.1, 0.15) is 30.4 Å². The Hall–Kier alpha value is -0.640. The van der Waals surface area contributed by atoms with Gasteiger partial charge in [0.15, 0.2) is 0 Å². The van der Waals surface area contributed by atoms with Crippen LogP contribution in [0.3, 0.4) is 0 Å². The van der Waals surface area contributed by atoms with Gasteiger partial charge in [-0.3, -0.25) is 9.88 Å². The molecular formula is C14H24ClN3. The molecule has 1 fully saturated rings. The monoisotopic (exact) mass is 269 g/mol. The molecule has 4 heteroatoms. The molecule has 1 saturated heterocycles. The summed E-state index contributed by atoms with van der Waals surface area (Å²) in [6.07, 6.45) is 7.73. The van der Waals surface area contributed by atoms with Crippen molar-refractivity contribution in [2.24, 2.45) is 0 Å². The zero-order chi connectivity index (χ0) is 12.1. The van der Waals surface area contributed by atoms with Crippen molar-refractivity contribution in [3.8, 4) is 0 Å². The van der Waals surface area contributed by atoms with Gasteiger partial charge in [0.25, 0.3) is 0 Å². The maximum Gasteiger partial charge on any atom is 0.0315 e. The number of nitrogens with one attached hydrogen (secondary N) is 1. The zero-order valence-electron chi connectivity index (χ0n) is 11.4. The molecule has 2 heterocycles. The Morgan fingerprint density at radius 2 is 2.22 bits per heavy atom. The second-order valence-electron chi connectivity index (χ2n) is 5.05. The summed E-state index contributed by atoms with van der Waals surface area (Å²) in [6, 6.07) is 2.81. The van der Waals surface area contributed by atoms with Crippen LogP contribution in [-0.4, -0.2) is 36.1 Å². The summed E-state index contributed by atoms with van der Waals surface area (Å²) in [7, 11) is 2.24. The highest BCUT2D eigenvalue weighted by Crippen LogP contribution is 2.16. The zero-order valence-corrected chi connectivity index (χ0v) is 12.2. The molecule has 1 aromatic heterocycles. The van der Waals surface area contributed by atoms with E-state index in [-0.39, 0.29) is 12.4 Å². The third-order valence-electron chi connectivity index (χ3n) is 3.74. The smallest absolute Gasteiger partial charge is 0.0315 e. The van der Waals surface area contributed by atoms with E-state index in [9.17, 15) is 0 Å². The number of aromatic nitrogens is 1. The molecule has 1 N–H and O–H groups in total. The highest BCUT2D eigenvalue weighted by atomic mass is 35.5. The molecule has 1 aliphatic heterocycles. The first-order chi connectivity index (χ1) is 8.27. The maximum absolute atomic E-state index is 4.22. The number of hydrogen-bond acceptors (Lipinski definition) is 3. The van der Waals surface area contributed by atoms with Gasteiger partial charge in [0.05, 0.1) is 0 Å². The molecule has 0 aromatic carbocycles. The Bertz CT molecular complexity index is 349. The number of aryl methyl sites for hydroxylation is 1. The Kier molecular flexibility index (Phi) is 6.61. The van der Waals surface area contributed by atoms with Crippen LogP contribution in [0.15, 0.2) is 18.5 Å². The quantitative estimate of drug-likeness (QED) is 0.913. The van der Waals surface area contributed by atoms with Gasteiger partial charge in [-0.05, 0) is 63.5 Å². The minimum Gasteiger partial charge on any atom is -0.317 e. The van der Waals surface area contributed by atoms with Crippen LogP contribution in [-0.2, 0) is 6.54 Å². The Morgan fingerprint density at radius 3 is 3.00 bits per heavy atom. The summed E-state index contributed by atoms with van der Waals surface area (Å²) >= 11 is 0. The largest absolute Gasteiger partial charge is 0.317 e. The van der Waals surface area contributed by atoms with Crippen molar-refractivity contribution in [1.82, 2.24) is 15.2 Å². The lowest BCUT2D eigenvalue weighted by atomic mass is 10.1. The number of nitrogens with zero attached hydrogens (tertiary/aromatic N) is 2. The average molecular weight is 270 g/mol. The molecule has 3 nitrogen and oxygen atoms in total. The third kappa shape index (κ3) is 4.23. The van der Waals surface area contributed by atoms with E-state index >= 15 is 0 Å². The van der Waals surface area contributed by atoms with Gasteiger partial charge < -0.3 is 5.32 Å². The summed E-state index contributed by atoms with van der Waals surface area (Å²) in [6.45, 7) is 5.52. The molecule has 18 heavy (non-hydrogen) atoms. The van der Waals surface area contributed by atoms with Crippen LogP contribution in [0.4, 0.5) is 0 Å². The van der Waals surface area contributed by atoms with E-state index in [1.165, 1.54) is 36.9 Å². The van der Waals surface area contributed by atoms with E-state index < -0.39 is 0 Å². The van der Waals surface area contributed by atoms with Crippen LogP contribution in [0.5, 0.6) is 0 Å². The second kappa shape index (κ2) is 7.72. The summed E-state index contributed by atoms with van der Waals surface area (Å²) in [4.78, 5) is 6.71. The van der Waals surface area contributed by atoms with Gasteiger partial charge in [0, 0.05) is 25.0 Å². The van der Waals surface area contributed by atoms with Gasteiger partial charge in [-0.25, -0.2) is 0 Å². The molecule has 0 bridgehead atoms. The summed E-state index contributed by atoms with van der Waals surface area (Å²) in [5.74, 6) is 0. The van der Waals surface area contributed by atoms with E-state index in [4.69, 9.17) is 0 Å². The predicted octanol–water partition coefficient (Wildman–Crippen LogP) is 2.39. The number of pyridine rings is 1. The van der Waals surface area contributed by atoms with Gasteiger partial charge in [0.1, 0.15) is 0 Å². The predicted molar refractivity (Wildman–Crippen MR) is 78.2 cm³/mol. The molecular weight excluding hydrogens is 246 g/mol. The van der Waals surface area contributed by atoms with Gasteiger partial charge in [0.2, 0.25) is 0 Å². The van der Waals surface area contributed by atoms with Gasteiger partial charge in [-0.1, -0.05) is 0 Å². The van der Waals surface area contributed by atoms with Crippen LogP contribution in [0, 0.1) is 6.92 Å². The average Bonchev–Trinajstić information content (AvgIpc) is 2.61. The van der Waals surface area contributed by atoms with E-state index in [1.807, 2.05) is 12.4 Å². The van der Waals surface area contributed by atoms with Crippen molar-refractivity contribution in [1.29, 1.82) is 0 Å². The van der Waals surface area contributed by atoms with Crippen LogP contribution in [0.2, 0.25) is 0 Å². The molecule has 0 amide bonds. The first kappa shape index (κ1) is 15.4. The van der Waals surface area contributed by atoms with Crippen LogP contribution in [0.25, 0.3) is 0 Å². The summed E-state index contributed by atoms with van der Waals surface area (Å²) in [5, 5.41) is 3.47. The first-order valence-electron chi connectivity index (χ1n) is 6.58. The van der Waals surface area contributed by atoms with Crippen molar-refractivity contribution >= 4 is 12.4 Å². The minimum absolute atomic E-state index is 0. The van der Waals surface area contributed by atoms with E-state index in [2.05, 4.69) is 35.2 Å². The molecule has 1 atom stereocenters. The SMILES string of the molecule is Cc1ccncc1CN(C)C1CCCNCC1.Cl. The highest BCUT2D eigenvalue weighted by molar-refractivity contribution is 5.85. The molecule has 102 valence electrons. The molecule has 1 aliphatic rings. The third-order valence-corrected chi connectivity index (χ3v) is 3.74. The van der Waals surface area contributed by atoms with Crippen LogP contribution < -0.4 is 5.32 Å². The molecule has 1 unspecified atom stereocenters. The van der Waals surface area contributed by atoms with E-state index in [0.717, 1.165) is 13.1 Å². The standard InChI is InChI=1S/C14H23N3.ClH/c1-12-5-8-16-10-13(12)11-17(2)14-4-3-7-15-9-6-14;/h5,8,10,14-15H,3-4,6-7,9,11H2,1-2H3;1H. The van der Waals surface area contributed by atoms with Crippen molar-refractivity contribution in [2.75, 3.05) is 20.1 Å². The fraction of sp³-hybridized carbons (Fsp3) is 0.643. The van der Waals surface area contributed by atoms with Crippen molar-refractivity contribution in [3.05, 3.63) is 29.6 Å². The molecule has 0 aliphatic carbocycles. The second-order valence-corrected chi connectivity index (χ2v) is 5.05. The molecule has 0 saturated carbocycles. The normalized spacial score (nSPS) is 20.3. The van der Waals surface area contributed by atoms with Crippen molar-refractivity contribution in [3.63, 3.8) is 0 Å². The fourth-order valence-electron chi connectivity index (χ4n) is 2.50. The lowest BCUT2D eigenvalue weighted by molar-refractivity contribution is 0.216. The minimum atomic E-state index is 0. The van der Waals surface area contributed by atoms with Gasteiger partial charge in [-0.2, -0.15) is 0 Å². The van der Waals surface area contributed by atoms with Gasteiger partial charge in [-0.15, -0.1) is 12.4 Å². The van der Waals surface area contributed by atoms with E-state index in [1.54, 1.807) is 0 Å². The van der Waals surface area contributed by atoms with Crippen molar-refractivity contribution in [2.45, 2.75) is 38.8 Å². The summed E-state index contributed by atoms with van der Waals surface area (Å²) in [5.41, 5.74) is 2.70. The molecule has 1 aromatic rings. The molecule has 0 spiro atoms. The molecule has 2 rings (SSSR count). The number of rotatable bonds is 3. The van der Waals surface area contributed by atoms with E-state index in [0.29, 0.717) is 6.04 Å². The maximum atomic E-state index is 4.22. The Labute approximate surface area is 116 Å².